The second-order valence-electron chi connectivity index (χ2n) is 2.05. The Morgan fingerprint density at radius 3 is 2.69 bits per heavy atom. The molecule has 13 heavy (non-hydrogen) atoms. The van der Waals surface area contributed by atoms with Gasteiger partial charge in [-0.05, 0) is 0 Å². The number of carbonyl (C=O) groups is 2. The molecule has 0 aliphatic heterocycles. The third-order valence-corrected chi connectivity index (χ3v) is 1.04. The largest absolute Gasteiger partial charge is 0.395 e. The predicted molar refractivity (Wildman–Crippen MR) is 42.1 cm³/mol. The van der Waals surface area contributed by atoms with E-state index in [1.54, 1.807) is 0 Å². The normalized spacial score (nSPS) is 8.38. The van der Waals surface area contributed by atoms with E-state index in [1.165, 1.54) is 0 Å². The van der Waals surface area contributed by atoms with Crippen LogP contribution in [0.5, 0.6) is 0 Å². The highest BCUT2D eigenvalue weighted by atomic mass is 16.3. The van der Waals surface area contributed by atoms with E-state index in [4.69, 9.17) is 10.6 Å². The zero-order valence-electron chi connectivity index (χ0n) is 6.91. The summed E-state index contributed by atoms with van der Waals surface area (Å²) in [6, 6.07) is 0. The molecule has 0 radical (unpaired) electrons. The molecule has 0 aromatic carbocycles. The van der Waals surface area contributed by atoms with Gasteiger partial charge in [-0.25, -0.2) is 0 Å². The van der Waals surface area contributed by atoms with Gasteiger partial charge < -0.3 is 15.7 Å². The Morgan fingerprint density at radius 1 is 1.46 bits per heavy atom. The molecule has 0 atom stereocenters. The first-order valence-corrected chi connectivity index (χ1v) is 3.56. The zero-order valence-corrected chi connectivity index (χ0v) is 6.91. The fourth-order valence-electron chi connectivity index (χ4n) is 0.529. The highest BCUT2D eigenvalue weighted by molar-refractivity contribution is 6.24. The molecular formula is C6H11N4O3+. The van der Waals surface area contributed by atoms with Crippen LogP contribution >= 0.6 is 0 Å². The molecule has 7 heteroatoms. The third kappa shape index (κ3) is 6.67. The van der Waals surface area contributed by atoms with Crippen LogP contribution in [0.3, 0.4) is 0 Å². The van der Waals surface area contributed by atoms with Crippen LogP contribution in [0.4, 0.5) is 0 Å². The smallest absolute Gasteiger partial charge is 0.394 e. The average Bonchev–Trinajstić information content (AvgIpc) is 2.12. The molecule has 0 heterocycles. The summed E-state index contributed by atoms with van der Waals surface area (Å²) in [5.74, 6) is -1.00. The van der Waals surface area contributed by atoms with Gasteiger partial charge in [0.25, 0.3) is 0 Å². The van der Waals surface area contributed by atoms with Crippen molar-refractivity contribution in [2.45, 2.75) is 0 Å². The number of hydrogen-bond donors (Lipinski definition) is 4. The molecule has 2 amide bonds. The summed E-state index contributed by atoms with van der Waals surface area (Å²) in [4.78, 5) is 24.1. The topological polar surface area (TPSA) is 116 Å². The van der Waals surface area contributed by atoms with E-state index in [9.17, 15) is 9.59 Å². The molecule has 0 bridgehead atoms. The van der Waals surface area contributed by atoms with Crippen molar-refractivity contribution < 1.29 is 19.5 Å². The lowest BCUT2D eigenvalue weighted by Gasteiger charge is -2.01. The Morgan fingerprint density at radius 2 is 2.15 bits per heavy atom. The molecule has 0 aromatic rings. The van der Waals surface area contributed by atoms with Crippen molar-refractivity contribution in [3.63, 3.8) is 0 Å². The molecule has 0 saturated carbocycles. The van der Waals surface area contributed by atoms with Gasteiger partial charge in [-0.2, -0.15) is 0 Å². The quantitative estimate of drug-likeness (QED) is 0.217. The number of nitrogens with zero attached hydrogens (tertiary/aromatic N) is 1. The van der Waals surface area contributed by atoms with E-state index in [1.807, 2.05) is 0 Å². The number of amides is 2. The number of aliphatic hydroxyl groups excluding tert-OH is 1. The number of carbonyl (C=O) groups excluding carboxylic acids is 2. The van der Waals surface area contributed by atoms with Gasteiger partial charge in [-0.15, -0.1) is 0 Å². The van der Waals surface area contributed by atoms with Crippen LogP contribution < -0.4 is 10.6 Å². The van der Waals surface area contributed by atoms with Gasteiger partial charge in [0.05, 0.1) is 23.5 Å². The lowest BCUT2D eigenvalue weighted by atomic mass is 10.5. The predicted octanol–water partition coefficient (Wildman–Crippen LogP) is -2.48. The van der Waals surface area contributed by atoms with Crippen LogP contribution in [0.15, 0.2) is 0 Å². The van der Waals surface area contributed by atoms with Crippen LogP contribution in [-0.4, -0.2) is 47.6 Å². The van der Waals surface area contributed by atoms with Gasteiger partial charge in [0.15, 0.2) is 0 Å². The molecule has 0 aromatic heterocycles. The van der Waals surface area contributed by atoms with E-state index in [0.717, 1.165) is 6.21 Å². The molecular weight excluding hydrogens is 176 g/mol. The van der Waals surface area contributed by atoms with Gasteiger partial charge in [0.2, 0.25) is 5.91 Å². The van der Waals surface area contributed by atoms with Crippen LogP contribution in [0.2, 0.25) is 0 Å². The second-order valence-corrected chi connectivity index (χ2v) is 2.05. The molecule has 0 saturated heterocycles. The van der Waals surface area contributed by atoms with Gasteiger partial charge in [0, 0.05) is 6.54 Å². The Bertz CT molecular complexity index is 234. The van der Waals surface area contributed by atoms with Crippen molar-refractivity contribution in [3.8, 4) is 0 Å². The second kappa shape index (κ2) is 6.96. The van der Waals surface area contributed by atoms with E-state index in [-0.39, 0.29) is 19.7 Å². The molecule has 0 spiro atoms. The van der Waals surface area contributed by atoms with Crippen LogP contribution in [0.25, 0.3) is 0 Å². The third-order valence-electron chi connectivity index (χ3n) is 1.04. The van der Waals surface area contributed by atoms with E-state index < -0.39 is 11.8 Å². The van der Waals surface area contributed by atoms with E-state index >= 15 is 0 Å². The maximum absolute atomic E-state index is 10.8. The Labute approximate surface area is 74.4 Å². The van der Waals surface area contributed by atoms with Crippen molar-refractivity contribution in [2.24, 2.45) is 0 Å². The number of hydrogen-bond acceptors (Lipinski definition) is 4. The van der Waals surface area contributed by atoms with Crippen LogP contribution in [-0.2, 0) is 9.59 Å². The molecule has 0 rings (SSSR count). The molecule has 7 nitrogen and oxygen atoms in total. The maximum atomic E-state index is 10.8. The minimum Gasteiger partial charge on any atom is -0.395 e. The number of nitrogens with one attached hydrogen (secondary N) is 3. The lowest BCUT2D eigenvalue weighted by Crippen LogP contribution is -2.38. The average molecular weight is 187 g/mol. The highest BCUT2D eigenvalue weighted by Crippen LogP contribution is 1.64. The summed E-state index contributed by atoms with van der Waals surface area (Å²) in [5.41, 5.74) is 6.30. The first-order valence-electron chi connectivity index (χ1n) is 3.56. The summed E-state index contributed by atoms with van der Waals surface area (Å²) in [7, 11) is 0. The first kappa shape index (κ1) is 11.3. The summed E-state index contributed by atoms with van der Waals surface area (Å²) >= 11 is 0. The fourth-order valence-corrected chi connectivity index (χ4v) is 0.529. The van der Waals surface area contributed by atoms with Crippen molar-refractivity contribution in [1.29, 1.82) is 5.53 Å². The van der Waals surface area contributed by atoms with E-state index in [2.05, 4.69) is 15.4 Å². The standard InChI is InChI=1S/C6H10N4O3/c7-10-4-6(13)9-3-5(12)8-1-2-11/h4,7,11H,1-3H2,(H-,8,9,12,13)/p+1. The van der Waals surface area contributed by atoms with Gasteiger partial charge in [0.1, 0.15) is 0 Å². The van der Waals surface area contributed by atoms with Crippen molar-refractivity contribution >= 4 is 18.0 Å². The monoisotopic (exact) mass is 187 g/mol. The van der Waals surface area contributed by atoms with Crippen LogP contribution in [0.1, 0.15) is 0 Å². The Kier molecular flexibility index (Phi) is 6.04. The SMILES string of the molecule is N=[N+]=CC(=O)NCC(=O)NCCO. The van der Waals surface area contributed by atoms with Gasteiger partial charge in [-0.1, -0.05) is 0 Å². The minimum absolute atomic E-state index is 0.145. The van der Waals surface area contributed by atoms with Crippen molar-refractivity contribution in [2.75, 3.05) is 19.7 Å². The Hall–Kier alpha value is -1.72. The summed E-state index contributed by atoms with van der Waals surface area (Å²) in [5, 5.41) is 12.9. The first-order chi connectivity index (χ1) is 6.20. The number of rotatable bonds is 5. The Balaban J connectivity index is 3.57. The lowest BCUT2D eigenvalue weighted by molar-refractivity contribution is -0.133. The zero-order chi connectivity index (χ0) is 10.1. The maximum Gasteiger partial charge on any atom is 0.394 e. The van der Waals surface area contributed by atoms with Gasteiger partial charge >= 0.3 is 12.1 Å². The van der Waals surface area contributed by atoms with Gasteiger partial charge in [-0.3, -0.25) is 9.59 Å². The molecule has 4 N–H and O–H groups in total. The minimum atomic E-state index is -0.603. The van der Waals surface area contributed by atoms with Crippen molar-refractivity contribution in [1.82, 2.24) is 10.6 Å². The molecule has 0 aliphatic rings. The molecule has 0 aliphatic carbocycles. The van der Waals surface area contributed by atoms with Crippen LogP contribution in [0, 0.1) is 5.53 Å². The highest BCUT2D eigenvalue weighted by Gasteiger charge is 2.05. The fraction of sp³-hybridized carbons (Fsp3) is 0.500. The van der Waals surface area contributed by atoms with Crippen molar-refractivity contribution in [3.05, 3.63) is 0 Å². The number of aliphatic hydroxyl groups is 1. The molecule has 0 unspecified atom stereocenters. The summed E-state index contributed by atoms with van der Waals surface area (Å²) < 4.78 is 0. The van der Waals surface area contributed by atoms with E-state index in [0.29, 0.717) is 0 Å². The summed E-state index contributed by atoms with van der Waals surface area (Å²) in [6.07, 6.45) is 0.749. The summed E-state index contributed by atoms with van der Waals surface area (Å²) in [6.45, 7) is -0.181. The molecule has 0 fully saturated rings. The molecule has 72 valence electrons.